The summed E-state index contributed by atoms with van der Waals surface area (Å²) < 4.78 is 0. The molecule has 0 radical (unpaired) electrons. The maximum atomic E-state index is 6.16. The van der Waals surface area contributed by atoms with E-state index in [1.165, 1.54) is 11.8 Å². The Balaban J connectivity index is 2.21. The van der Waals surface area contributed by atoms with Gasteiger partial charge in [0.05, 0.1) is 10.0 Å². The Kier molecular flexibility index (Phi) is 4.29. The van der Waals surface area contributed by atoms with Crippen molar-refractivity contribution in [3.8, 4) is 0 Å². The zero-order chi connectivity index (χ0) is 12.3. The molecule has 0 unspecified atom stereocenters. The molecule has 0 amide bonds. The van der Waals surface area contributed by atoms with E-state index in [0.29, 0.717) is 16.6 Å². The Bertz CT molecular complexity index is 514. The molecule has 17 heavy (non-hydrogen) atoms. The van der Waals surface area contributed by atoms with Crippen molar-refractivity contribution >= 4 is 35.0 Å². The topological polar surface area (TPSA) is 38.9 Å². The van der Waals surface area contributed by atoms with Crippen LogP contribution in [-0.2, 0) is 6.54 Å². The number of rotatable bonds is 3. The number of aromatic nitrogens is 1. The van der Waals surface area contributed by atoms with Gasteiger partial charge in [-0.15, -0.1) is 0 Å². The molecule has 0 spiro atoms. The summed E-state index contributed by atoms with van der Waals surface area (Å²) in [5, 5.41) is 2.17. The molecule has 0 aliphatic rings. The molecule has 0 saturated heterocycles. The maximum absolute atomic E-state index is 6.16. The van der Waals surface area contributed by atoms with Crippen molar-refractivity contribution in [2.75, 3.05) is 0 Å². The fourth-order valence-electron chi connectivity index (χ4n) is 1.29. The molecule has 2 N–H and O–H groups in total. The van der Waals surface area contributed by atoms with E-state index < -0.39 is 0 Å². The third kappa shape index (κ3) is 3.36. The van der Waals surface area contributed by atoms with Crippen molar-refractivity contribution in [3.05, 3.63) is 52.1 Å². The lowest BCUT2D eigenvalue weighted by Gasteiger charge is -2.05. The maximum Gasteiger partial charge on any atom is 0.101 e. The van der Waals surface area contributed by atoms with E-state index in [0.717, 1.165) is 15.5 Å². The molecule has 0 saturated carbocycles. The van der Waals surface area contributed by atoms with Crippen LogP contribution in [0.4, 0.5) is 0 Å². The van der Waals surface area contributed by atoms with Crippen molar-refractivity contribution in [3.63, 3.8) is 0 Å². The van der Waals surface area contributed by atoms with Crippen LogP contribution in [-0.4, -0.2) is 4.98 Å². The van der Waals surface area contributed by atoms with Crippen LogP contribution in [0.3, 0.4) is 0 Å². The van der Waals surface area contributed by atoms with Crippen LogP contribution in [0.5, 0.6) is 0 Å². The quantitative estimate of drug-likeness (QED) is 0.926. The Morgan fingerprint density at radius 3 is 2.59 bits per heavy atom. The van der Waals surface area contributed by atoms with Gasteiger partial charge in [0.25, 0.3) is 0 Å². The van der Waals surface area contributed by atoms with Gasteiger partial charge in [-0.1, -0.05) is 41.0 Å². The fraction of sp³-hybridized carbons (Fsp3) is 0.0833. The van der Waals surface area contributed by atoms with Gasteiger partial charge < -0.3 is 5.73 Å². The molecule has 1 aromatic carbocycles. The zero-order valence-corrected chi connectivity index (χ0v) is 11.2. The minimum atomic E-state index is 0.490. The second-order valence-corrected chi connectivity index (χ2v) is 5.29. The lowest BCUT2D eigenvalue weighted by molar-refractivity contribution is 1.06. The molecule has 2 nitrogen and oxygen atoms in total. The van der Waals surface area contributed by atoms with E-state index in [-0.39, 0.29) is 0 Å². The summed E-state index contributed by atoms with van der Waals surface area (Å²) in [7, 11) is 0. The first-order valence-corrected chi connectivity index (χ1v) is 6.54. The summed E-state index contributed by atoms with van der Waals surface area (Å²) >= 11 is 13.4. The molecular formula is C12H10Cl2N2S. The van der Waals surface area contributed by atoms with Gasteiger partial charge in [0, 0.05) is 17.6 Å². The Hall–Kier alpha value is -0.740. The van der Waals surface area contributed by atoms with Gasteiger partial charge in [-0.05, 0) is 29.8 Å². The Morgan fingerprint density at radius 1 is 1.18 bits per heavy atom. The molecule has 0 aliphatic carbocycles. The van der Waals surface area contributed by atoms with E-state index in [1.54, 1.807) is 12.3 Å². The lowest BCUT2D eigenvalue weighted by Crippen LogP contribution is -1.95. The molecule has 1 aromatic heterocycles. The first-order chi connectivity index (χ1) is 8.19. The average Bonchev–Trinajstić information content (AvgIpc) is 2.34. The highest BCUT2D eigenvalue weighted by Crippen LogP contribution is 2.32. The zero-order valence-electron chi connectivity index (χ0n) is 8.86. The van der Waals surface area contributed by atoms with Gasteiger partial charge in [-0.3, -0.25) is 0 Å². The van der Waals surface area contributed by atoms with Crippen molar-refractivity contribution in [2.45, 2.75) is 16.5 Å². The second kappa shape index (κ2) is 5.74. The number of nitrogens with zero attached hydrogens (tertiary/aromatic N) is 1. The van der Waals surface area contributed by atoms with Gasteiger partial charge in [0.15, 0.2) is 0 Å². The third-order valence-corrected chi connectivity index (χ3v) is 3.82. The number of hydrogen-bond acceptors (Lipinski definition) is 3. The molecule has 1 heterocycles. The van der Waals surface area contributed by atoms with Crippen LogP contribution in [0.15, 0.2) is 46.5 Å². The van der Waals surface area contributed by atoms with Crippen LogP contribution in [0, 0.1) is 0 Å². The number of halogens is 2. The van der Waals surface area contributed by atoms with E-state index in [9.17, 15) is 0 Å². The summed E-state index contributed by atoms with van der Waals surface area (Å²) in [5.74, 6) is 0. The summed E-state index contributed by atoms with van der Waals surface area (Å²) in [5.41, 5.74) is 6.56. The minimum Gasteiger partial charge on any atom is -0.326 e. The van der Waals surface area contributed by atoms with Crippen LogP contribution >= 0.6 is 35.0 Å². The monoisotopic (exact) mass is 284 g/mol. The highest BCUT2D eigenvalue weighted by Gasteiger charge is 2.04. The SMILES string of the molecule is NCc1ccc(Sc2ccc(Cl)cn2)c(Cl)c1. The molecule has 0 aliphatic heterocycles. The number of pyridine rings is 1. The summed E-state index contributed by atoms with van der Waals surface area (Å²) in [6, 6.07) is 9.45. The molecule has 0 atom stereocenters. The molecule has 2 aromatic rings. The van der Waals surface area contributed by atoms with Crippen molar-refractivity contribution in [1.82, 2.24) is 4.98 Å². The predicted octanol–water partition coefficient (Wildman–Crippen LogP) is 4.00. The number of hydrogen-bond donors (Lipinski definition) is 1. The normalized spacial score (nSPS) is 10.5. The van der Waals surface area contributed by atoms with E-state index >= 15 is 0 Å². The average molecular weight is 285 g/mol. The fourth-order valence-corrected chi connectivity index (χ4v) is 2.48. The van der Waals surface area contributed by atoms with E-state index in [2.05, 4.69) is 4.98 Å². The van der Waals surface area contributed by atoms with E-state index in [4.69, 9.17) is 28.9 Å². The molecule has 2 rings (SSSR count). The third-order valence-electron chi connectivity index (χ3n) is 2.15. The largest absolute Gasteiger partial charge is 0.326 e. The van der Waals surface area contributed by atoms with Gasteiger partial charge >= 0.3 is 0 Å². The van der Waals surface area contributed by atoms with Gasteiger partial charge in [0.1, 0.15) is 5.03 Å². The molecular weight excluding hydrogens is 275 g/mol. The van der Waals surface area contributed by atoms with Crippen LogP contribution in [0.2, 0.25) is 10.0 Å². The first-order valence-electron chi connectivity index (χ1n) is 4.97. The second-order valence-electron chi connectivity index (χ2n) is 3.39. The van der Waals surface area contributed by atoms with E-state index in [1.807, 2.05) is 24.3 Å². The van der Waals surface area contributed by atoms with Gasteiger partial charge in [0.2, 0.25) is 0 Å². The van der Waals surface area contributed by atoms with Gasteiger partial charge in [-0.25, -0.2) is 4.98 Å². The molecule has 0 fully saturated rings. The van der Waals surface area contributed by atoms with Crippen molar-refractivity contribution < 1.29 is 0 Å². The molecule has 5 heteroatoms. The van der Waals surface area contributed by atoms with Crippen molar-refractivity contribution in [1.29, 1.82) is 0 Å². The highest BCUT2D eigenvalue weighted by atomic mass is 35.5. The standard InChI is InChI=1S/C12H10Cl2N2S/c13-9-2-4-12(16-7-9)17-11-3-1-8(6-15)5-10(11)14/h1-5,7H,6,15H2. The van der Waals surface area contributed by atoms with Crippen LogP contribution in [0.25, 0.3) is 0 Å². The number of nitrogens with two attached hydrogens (primary N) is 1. The lowest BCUT2D eigenvalue weighted by atomic mass is 10.2. The van der Waals surface area contributed by atoms with Crippen LogP contribution < -0.4 is 5.73 Å². The summed E-state index contributed by atoms with van der Waals surface area (Å²) in [4.78, 5) is 5.16. The number of benzene rings is 1. The van der Waals surface area contributed by atoms with Crippen LogP contribution in [0.1, 0.15) is 5.56 Å². The Morgan fingerprint density at radius 2 is 2.00 bits per heavy atom. The molecule has 88 valence electrons. The van der Waals surface area contributed by atoms with Crippen molar-refractivity contribution in [2.24, 2.45) is 5.73 Å². The highest BCUT2D eigenvalue weighted by molar-refractivity contribution is 7.99. The Labute approximate surface area is 114 Å². The summed E-state index contributed by atoms with van der Waals surface area (Å²) in [6.45, 7) is 0.490. The minimum absolute atomic E-state index is 0.490. The predicted molar refractivity (Wildman–Crippen MR) is 72.7 cm³/mol. The first kappa shape index (κ1) is 12.7. The summed E-state index contributed by atoms with van der Waals surface area (Å²) in [6.07, 6.45) is 1.62. The molecule has 0 bridgehead atoms. The van der Waals surface area contributed by atoms with Gasteiger partial charge in [-0.2, -0.15) is 0 Å². The smallest absolute Gasteiger partial charge is 0.101 e.